The minimum atomic E-state index is -0.148. The summed E-state index contributed by atoms with van der Waals surface area (Å²) < 4.78 is 10.3. The van der Waals surface area contributed by atoms with Crippen LogP contribution in [0.2, 0.25) is 0 Å². The molecule has 0 saturated heterocycles. The molecule has 2 aromatic carbocycles. The van der Waals surface area contributed by atoms with E-state index in [0.29, 0.717) is 10.9 Å². The molecular formula is C19H18N2O3S. The van der Waals surface area contributed by atoms with E-state index in [1.165, 1.54) is 11.8 Å². The fourth-order valence-corrected chi connectivity index (χ4v) is 3.01. The Morgan fingerprint density at radius 2 is 1.52 bits per heavy atom. The molecule has 0 bridgehead atoms. The van der Waals surface area contributed by atoms with Crippen LogP contribution < -0.4 is 14.4 Å². The average molecular weight is 354 g/mol. The second kappa shape index (κ2) is 7.44. The molecular weight excluding hydrogens is 336 g/mol. The van der Waals surface area contributed by atoms with Crippen LogP contribution >= 0.6 is 11.8 Å². The number of benzene rings is 2. The van der Waals surface area contributed by atoms with Crippen molar-refractivity contribution in [3.05, 3.63) is 59.8 Å². The molecule has 0 radical (unpaired) electrons. The molecule has 2 aromatic rings. The summed E-state index contributed by atoms with van der Waals surface area (Å²) in [6.45, 7) is 0. The highest BCUT2D eigenvalue weighted by atomic mass is 32.2. The molecule has 0 N–H and O–H groups in total. The number of amidine groups is 1. The summed E-state index contributed by atoms with van der Waals surface area (Å²) in [5.74, 6) is 1.37. The molecule has 0 unspecified atom stereocenters. The van der Waals surface area contributed by atoms with Gasteiger partial charge in [-0.1, -0.05) is 23.9 Å². The zero-order valence-electron chi connectivity index (χ0n) is 14.2. The number of thioether (sulfide) groups is 1. The summed E-state index contributed by atoms with van der Waals surface area (Å²) in [6.07, 6.45) is 3.68. The SMILES string of the molecule is COc1ccc(C=C2N=C(SC)N(c3ccc(OC)cc3)C2=O)cc1. The third kappa shape index (κ3) is 3.53. The number of hydrogen-bond donors (Lipinski definition) is 0. The van der Waals surface area contributed by atoms with Crippen LogP contribution in [0.15, 0.2) is 59.2 Å². The summed E-state index contributed by atoms with van der Waals surface area (Å²) >= 11 is 1.43. The first-order valence-corrected chi connectivity index (χ1v) is 8.85. The van der Waals surface area contributed by atoms with Gasteiger partial charge in [0.1, 0.15) is 17.2 Å². The minimum absolute atomic E-state index is 0.148. The normalized spacial score (nSPS) is 15.5. The van der Waals surface area contributed by atoms with Crippen LogP contribution in [0.4, 0.5) is 5.69 Å². The third-order valence-corrected chi connectivity index (χ3v) is 4.40. The third-order valence-electron chi connectivity index (χ3n) is 3.76. The number of nitrogens with zero attached hydrogens (tertiary/aromatic N) is 2. The Morgan fingerprint density at radius 1 is 0.960 bits per heavy atom. The van der Waals surface area contributed by atoms with Crippen molar-refractivity contribution in [1.82, 2.24) is 0 Å². The molecule has 128 valence electrons. The van der Waals surface area contributed by atoms with Crippen LogP contribution in [-0.4, -0.2) is 31.6 Å². The largest absolute Gasteiger partial charge is 0.497 e. The van der Waals surface area contributed by atoms with Crippen molar-refractivity contribution in [3.63, 3.8) is 0 Å². The van der Waals surface area contributed by atoms with Gasteiger partial charge in [-0.15, -0.1) is 0 Å². The lowest BCUT2D eigenvalue weighted by molar-refractivity contribution is -0.113. The summed E-state index contributed by atoms with van der Waals surface area (Å²) in [5, 5.41) is 0.648. The van der Waals surface area contributed by atoms with E-state index in [0.717, 1.165) is 22.7 Å². The molecule has 1 aliphatic heterocycles. The predicted molar refractivity (Wildman–Crippen MR) is 102 cm³/mol. The Balaban J connectivity index is 1.91. The van der Waals surface area contributed by atoms with Gasteiger partial charge in [0.25, 0.3) is 5.91 Å². The van der Waals surface area contributed by atoms with E-state index in [1.54, 1.807) is 25.2 Å². The maximum absolute atomic E-state index is 12.8. The summed E-state index contributed by atoms with van der Waals surface area (Å²) in [6, 6.07) is 14.8. The number of ether oxygens (including phenoxy) is 2. The molecule has 0 fully saturated rings. The van der Waals surface area contributed by atoms with Crippen molar-refractivity contribution in [2.45, 2.75) is 0 Å². The smallest absolute Gasteiger partial charge is 0.283 e. The van der Waals surface area contributed by atoms with Crippen molar-refractivity contribution < 1.29 is 14.3 Å². The summed E-state index contributed by atoms with van der Waals surface area (Å²) in [7, 11) is 3.23. The number of carbonyl (C=O) groups is 1. The number of hydrogen-bond acceptors (Lipinski definition) is 5. The van der Waals surface area contributed by atoms with Crippen molar-refractivity contribution in [1.29, 1.82) is 0 Å². The van der Waals surface area contributed by atoms with Crippen molar-refractivity contribution >= 4 is 34.6 Å². The highest BCUT2D eigenvalue weighted by molar-refractivity contribution is 8.13. The predicted octanol–water partition coefficient (Wildman–Crippen LogP) is 3.81. The van der Waals surface area contributed by atoms with Gasteiger partial charge in [0.15, 0.2) is 5.17 Å². The first kappa shape index (κ1) is 17.1. The van der Waals surface area contributed by atoms with Crippen LogP contribution in [0.1, 0.15) is 5.56 Å². The standard InChI is InChI=1S/C19H18N2O3S/c1-23-15-8-4-13(5-9-15)12-17-18(22)21(19(20-17)25-3)14-6-10-16(24-2)11-7-14/h4-12H,1-3H3. The van der Waals surface area contributed by atoms with E-state index in [2.05, 4.69) is 4.99 Å². The van der Waals surface area contributed by atoms with E-state index in [4.69, 9.17) is 9.47 Å². The summed E-state index contributed by atoms with van der Waals surface area (Å²) in [5.41, 5.74) is 2.06. The number of carbonyl (C=O) groups excluding carboxylic acids is 1. The Kier molecular flexibility index (Phi) is 5.09. The van der Waals surface area contributed by atoms with Crippen molar-refractivity contribution in [2.24, 2.45) is 4.99 Å². The van der Waals surface area contributed by atoms with Gasteiger partial charge in [-0.2, -0.15) is 0 Å². The Labute approximate surface area is 151 Å². The maximum atomic E-state index is 12.8. The van der Waals surface area contributed by atoms with Gasteiger partial charge in [-0.25, -0.2) is 4.99 Å². The second-order valence-corrected chi connectivity index (χ2v) is 6.01. The van der Waals surface area contributed by atoms with E-state index in [-0.39, 0.29) is 5.91 Å². The van der Waals surface area contributed by atoms with Crippen LogP contribution in [-0.2, 0) is 4.79 Å². The van der Waals surface area contributed by atoms with E-state index in [9.17, 15) is 4.79 Å². The van der Waals surface area contributed by atoms with Gasteiger partial charge < -0.3 is 9.47 Å². The Morgan fingerprint density at radius 3 is 2.04 bits per heavy atom. The number of aliphatic imine (C=N–C) groups is 1. The molecule has 1 heterocycles. The highest BCUT2D eigenvalue weighted by Crippen LogP contribution is 2.29. The van der Waals surface area contributed by atoms with Crippen molar-refractivity contribution in [3.8, 4) is 11.5 Å². The molecule has 0 saturated carbocycles. The lowest BCUT2D eigenvalue weighted by Gasteiger charge is -2.17. The Hall–Kier alpha value is -2.73. The van der Waals surface area contributed by atoms with Gasteiger partial charge in [0.05, 0.1) is 19.9 Å². The van der Waals surface area contributed by atoms with Gasteiger partial charge >= 0.3 is 0 Å². The first-order valence-electron chi connectivity index (χ1n) is 7.63. The number of rotatable bonds is 4. The van der Waals surface area contributed by atoms with Gasteiger partial charge in [0.2, 0.25) is 0 Å². The fraction of sp³-hybridized carbons (Fsp3) is 0.158. The maximum Gasteiger partial charge on any atom is 0.283 e. The zero-order chi connectivity index (χ0) is 17.8. The van der Waals surface area contributed by atoms with Crippen LogP contribution in [0.3, 0.4) is 0 Å². The second-order valence-electron chi connectivity index (χ2n) is 5.24. The average Bonchev–Trinajstić information content (AvgIpc) is 2.98. The fourth-order valence-electron chi connectivity index (χ4n) is 2.45. The van der Waals surface area contributed by atoms with Gasteiger partial charge in [-0.3, -0.25) is 9.69 Å². The lowest BCUT2D eigenvalue weighted by atomic mass is 10.2. The number of methoxy groups -OCH3 is 2. The molecule has 25 heavy (non-hydrogen) atoms. The molecule has 5 nitrogen and oxygen atoms in total. The zero-order valence-corrected chi connectivity index (χ0v) is 15.0. The van der Waals surface area contributed by atoms with Crippen LogP contribution in [0.25, 0.3) is 6.08 Å². The highest BCUT2D eigenvalue weighted by Gasteiger charge is 2.31. The van der Waals surface area contributed by atoms with E-state index < -0.39 is 0 Å². The van der Waals surface area contributed by atoms with Gasteiger partial charge in [0, 0.05) is 0 Å². The molecule has 6 heteroatoms. The van der Waals surface area contributed by atoms with Crippen LogP contribution in [0.5, 0.6) is 11.5 Å². The monoisotopic (exact) mass is 354 g/mol. The van der Waals surface area contributed by atoms with E-state index >= 15 is 0 Å². The molecule has 3 rings (SSSR count). The van der Waals surface area contributed by atoms with Gasteiger partial charge in [-0.05, 0) is 54.3 Å². The van der Waals surface area contributed by atoms with E-state index in [1.807, 2.05) is 54.8 Å². The molecule has 0 atom stereocenters. The molecule has 1 aliphatic rings. The Bertz CT molecular complexity index is 827. The molecule has 0 aliphatic carbocycles. The number of amides is 1. The van der Waals surface area contributed by atoms with Crippen LogP contribution in [0, 0.1) is 0 Å². The molecule has 0 spiro atoms. The first-order chi connectivity index (χ1) is 12.2. The topological polar surface area (TPSA) is 51.1 Å². The number of anilines is 1. The molecule has 1 amide bonds. The molecule has 0 aromatic heterocycles. The lowest BCUT2D eigenvalue weighted by Crippen LogP contribution is -2.29. The minimum Gasteiger partial charge on any atom is -0.497 e. The summed E-state index contributed by atoms with van der Waals surface area (Å²) in [4.78, 5) is 18.9. The van der Waals surface area contributed by atoms with Crippen molar-refractivity contribution in [2.75, 3.05) is 25.4 Å². The quantitative estimate of drug-likeness (QED) is 0.784.